The second kappa shape index (κ2) is 10.0. The van der Waals surface area contributed by atoms with Crippen LogP contribution in [-0.4, -0.2) is 23.9 Å². The second-order valence-electron chi connectivity index (χ2n) is 7.85. The number of rotatable bonds is 7. The van der Waals surface area contributed by atoms with Crippen LogP contribution in [0.1, 0.15) is 29.7 Å². The van der Waals surface area contributed by atoms with E-state index < -0.39 is 12.0 Å². The van der Waals surface area contributed by atoms with Gasteiger partial charge in [0.05, 0.1) is 11.6 Å². The molecule has 1 aliphatic heterocycles. The first kappa shape index (κ1) is 22.1. The van der Waals surface area contributed by atoms with Gasteiger partial charge in [0.2, 0.25) is 0 Å². The Bertz CT molecular complexity index is 1140. The predicted molar refractivity (Wildman–Crippen MR) is 125 cm³/mol. The molecule has 3 aromatic rings. The molecule has 1 aliphatic rings. The first-order valence-electron chi connectivity index (χ1n) is 10.8. The van der Waals surface area contributed by atoms with E-state index >= 15 is 0 Å². The van der Waals surface area contributed by atoms with E-state index in [1.54, 1.807) is 14.0 Å². The Kier molecular flexibility index (Phi) is 6.74. The Hall–Kier alpha value is -4.06. The van der Waals surface area contributed by atoms with E-state index in [1.165, 1.54) is 4.90 Å². The van der Waals surface area contributed by atoms with Crippen LogP contribution in [0, 0.1) is 0 Å². The molecule has 0 bridgehead atoms. The molecular formula is C27H26N2O4. The molecule has 0 aliphatic carbocycles. The molecular weight excluding hydrogens is 416 g/mol. The highest BCUT2D eigenvalue weighted by atomic mass is 16.5. The van der Waals surface area contributed by atoms with Crippen LogP contribution in [-0.2, 0) is 22.7 Å². The van der Waals surface area contributed by atoms with Crippen molar-refractivity contribution < 1.29 is 19.1 Å². The van der Waals surface area contributed by atoms with E-state index in [2.05, 4.69) is 5.32 Å². The van der Waals surface area contributed by atoms with Crippen LogP contribution in [0.2, 0.25) is 0 Å². The van der Waals surface area contributed by atoms with Crippen LogP contribution >= 0.6 is 0 Å². The van der Waals surface area contributed by atoms with Gasteiger partial charge in [-0.1, -0.05) is 72.8 Å². The van der Waals surface area contributed by atoms with Crippen molar-refractivity contribution in [1.29, 1.82) is 0 Å². The highest BCUT2D eigenvalue weighted by Crippen LogP contribution is 2.32. The normalized spacial score (nSPS) is 15.8. The molecule has 0 saturated carbocycles. The minimum Gasteiger partial charge on any atom is -0.489 e. The van der Waals surface area contributed by atoms with Crippen LogP contribution in [0.5, 0.6) is 5.75 Å². The van der Waals surface area contributed by atoms with Gasteiger partial charge >= 0.3 is 12.0 Å². The first-order chi connectivity index (χ1) is 16.0. The van der Waals surface area contributed by atoms with Crippen molar-refractivity contribution in [3.05, 3.63) is 113 Å². The Labute approximate surface area is 193 Å². The summed E-state index contributed by atoms with van der Waals surface area (Å²) in [6.07, 6.45) is 0. The number of benzene rings is 3. The Morgan fingerprint density at radius 3 is 2.06 bits per heavy atom. The smallest absolute Gasteiger partial charge is 0.338 e. The summed E-state index contributed by atoms with van der Waals surface area (Å²) in [4.78, 5) is 27.0. The number of nitrogens with one attached hydrogen (secondary N) is 1. The fourth-order valence-corrected chi connectivity index (χ4v) is 3.65. The molecule has 3 aromatic carbocycles. The van der Waals surface area contributed by atoms with Crippen LogP contribution in [0.4, 0.5) is 4.79 Å². The van der Waals surface area contributed by atoms with Crippen molar-refractivity contribution >= 4 is 12.0 Å². The highest BCUT2D eigenvalue weighted by molar-refractivity contribution is 5.95. The zero-order chi connectivity index (χ0) is 23.2. The maximum atomic E-state index is 13.1. The minimum atomic E-state index is -0.611. The number of allylic oxidation sites excluding steroid dienone is 1. The largest absolute Gasteiger partial charge is 0.489 e. The Morgan fingerprint density at radius 1 is 0.879 bits per heavy atom. The number of urea groups is 1. The van der Waals surface area contributed by atoms with Crippen LogP contribution < -0.4 is 10.1 Å². The van der Waals surface area contributed by atoms with Gasteiger partial charge in [-0.05, 0) is 35.7 Å². The molecule has 1 atom stereocenters. The van der Waals surface area contributed by atoms with Crippen LogP contribution in [0.15, 0.2) is 96.2 Å². The molecule has 1 heterocycles. The molecule has 0 fully saturated rings. The van der Waals surface area contributed by atoms with Gasteiger partial charge in [-0.25, -0.2) is 9.59 Å². The molecule has 0 unspecified atom stereocenters. The number of ether oxygens (including phenoxy) is 2. The maximum absolute atomic E-state index is 13.1. The Morgan fingerprint density at radius 2 is 1.45 bits per heavy atom. The lowest BCUT2D eigenvalue weighted by atomic mass is 9.95. The lowest BCUT2D eigenvalue weighted by Gasteiger charge is -2.33. The van der Waals surface area contributed by atoms with E-state index in [1.807, 2.05) is 84.9 Å². The summed E-state index contributed by atoms with van der Waals surface area (Å²) >= 11 is 0. The molecule has 2 amide bonds. The van der Waals surface area contributed by atoms with Gasteiger partial charge in [-0.15, -0.1) is 0 Å². The predicted octanol–water partition coefficient (Wildman–Crippen LogP) is 4.98. The molecule has 168 valence electrons. The quantitative estimate of drug-likeness (QED) is 0.524. The number of amides is 2. The first-order valence-corrected chi connectivity index (χ1v) is 10.8. The van der Waals surface area contributed by atoms with E-state index in [4.69, 9.17) is 9.47 Å². The van der Waals surface area contributed by atoms with Crippen LogP contribution in [0.25, 0.3) is 0 Å². The summed E-state index contributed by atoms with van der Waals surface area (Å²) in [5, 5.41) is 2.91. The number of carbonyl (C=O) groups is 2. The molecule has 33 heavy (non-hydrogen) atoms. The fraction of sp³-hybridized carbons (Fsp3) is 0.185. The number of nitrogens with zero attached hydrogens (tertiary/aromatic N) is 1. The average molecular weight is 443 g/mol. The second-order valence-corrected chi connectivity index (χ2v) is 7.85. The molecule has 4 rings (SSSR count). The molecule has 1 N–H and O–H groups in total. The zero-order valence-corrected chi connectivity index (χ0v) is 18.7. The fourth-order valence-electron chi connectivity index (χ4n) is 3.65. The summed E-state index contributed by atoms with van der Waals surface area (Å²) in [5.74, 6) is 0.244. The third kappa shape index (κ3) is 5.23. The van der Waals surface area contributed by atoms with Gasteiger partial charge in [0.15, 0.2) is 0 Å². The van der Waals surface area contributed by atoms with Gasteiger partial charge in [0.1, 0.15) is 19.0 Å². The monoisotopic (exact) mass is 442 g/mol. The lowest BCUT2D eigenvalue weighted by Crippen LogP contribution is -2.46. The third-order valence-corrected chi connectivity index (χ3v) is 5.65. The van der Waals surface area contributed by atoms with Crippen molar-refractivity contribution in [2.45, 2.75) is 26.2 Å². The summed E-state index contributed by atoms with van der Waals surface area (Å²) in [5.41, 5.74) is 3.71. The van der Waals surface area contributed by atoms with Gasteiger partial charge in [0.25, 0.3) is 0 Å². The molecule has 0 saturated heterocycles. The van der Waals surface area contributed by atoms with E-state index in [-0.39, 0.29) is 12.6 Å². The average Bonchev–Trinajstić information content (AvgIpc) is 2.86. The van der Waals surface area contributed by atoms with Crippen molar-refractivity contribution in [2.75, 3.05) is 7.05 Å². The van der Waals surface area contributed by atoms with E-state index in [9.17, 15) is 9.59 Å². The van der Waals surface area contributed by atoms with Gasteiger partial charge in [-0.2, -0.15) is 0 Å². The summed E-state index contributed by atoms with van der Waals surface area (Å²) < 4.78 is 11.4. The van der Waals surface area contributed by atoms with E-state index in [0.29, 0.717) is 23.6 Å². The van der Waals surface area contributed by atoms with Crippen molar-refractivity contribution in [2.24, 2.45) is 0 Å². The molecule has 6 heteroatoms. The Balaban J connectivity index is 1.51. The van der Waals surface area contributed by atoms with E-state index in [0.717, 1.165) is 16.7 Å². The topological polar surface area (TPSA) is 67.9 Å². The summed E-state index contributed by atoms with van der Waals surface area (Å²) in [6.45, 7) is 2.37. The molecule has 0 spiro atoms. The van der Waals surface area contributed by atoms with Gasteiger partial charge in [-0.3, -0.25) is 0 Å². The zero-order valence-electron chi connectivity index (χ0n) is 18.7. The van der Waals surface area contributed by atoms with Crippen molar-refractivity contribution in [1.82, 2.24) is 10.2 Å². The molecule has 0 radical (unpaired) electrons. The number of hydrogen-bond donors (Lipinski definition) is 1. The SMILES string of the molecule is CC1=C(C(=O)OCc2ccccc2)[C@@H](c2ccc(OCc3ccccc3)cc2)NC(=O)N1C. The minimum absolute atomic E-state index is 0.160. The van der Waals surface area contributed by atoms with Crippen molar-refractivity contribution in [3.63, 3.8) is 0 Å². The van der Waals surface area contributed by atoms with Crippen molar-refractivity contribution in [3.8, 4) is 5.75 Å². The standard InChI is InChI=1S/C27H26N2O4/c1-19-24(26(30)33-18-21-11-7-4-8-12-21)25(28-27(31)29(19)2)22-13-15-23(16-14-22)32-17-20-9-5-3-6-10-20/h3-16,25H,17-18H2,1-2H3,(H,28,31)/t25-/m1/s1. The van der Waals surface area contributed by atoms with Gasteiger partial charge in [0, 0.05) is 12.7 Å². The molecule has 6 nitrogen and oxygen atoms in total. The highest BCUT2D eigenvalue weighted by Gasteiger charge is 2.35. The lowest BCUT2D eigenvalue weighted by molar-refractivity contribution is -0.141. The van der Waals surface area contributed by atoms with Gasteiger partial charge < -0.3 is 19.7 Å². The maximum Gasteiger partial charge on any atom is 0.338 e. The number of carbonyl (C=O) groups excluding carboxylic acids is 2. The van der Waals surface area contributed by atoms with Crippen LogP contribution in [0.3, 0.4) is 0 Å². The summed E-state index contributed by atoms with van der Waals surface area (Å²) in [6, 6.07) is 25.9. The third-order valence-electron chi connectivity index (χ3n) is 5.65. The molecule has 0 aromatic heterocycles. The summed E-state index contributed by atoms with van der Waals surface area (Å²) in [7, 11) is 1.63. The number of esters is 1. The number of hydrogen-bond acceptors (Lipinski definition) is 4.